The number of nitriles is 1. The van der Waals surface area contributed by atoms with Crippen molar-refractivity contribution >= 4 is 15.9 Å². The van der Waals surface area contributed by atoms with Crippen LogP contribution in [0.2, 0.25) is 0 Å². The van der Waals surface area contributed by atoms with Crippen LogP contribution in [0.5, 0.6) is 0 Å². The molecule has 17 heavy (non-hydrogen) atoms. The third kappa shape index (κ3) is 1.89. The minimum atomic E-state index is -0.606. The fourth-order valence-corrected chi connectivity index (χ4v) is 3.08. The minimum absolute atomic E-state index is 0.508. The lowest BCUT2D eigenvalue weighted by Gasteiger charge is -2.50. The molecule has 0 saturated heterocycles. The molecule has 0 aliphatic heterocycles. The maximum Gasteiger partial charge on any atom is 0.171 e. The van der Waals surface area contributed by atoms with Crippen molar-refractivity contribution in [3.8, 4) is 6.07 Å². The maximum absolute atomic E-state index is 9.46. The van der Waals surface area contributed by atoms with Gasteiger partial charge in [-0.3, -0.25) is 0 Å². The van der Waals surface area contributed by atoms with Gasteiger partial charge in [0.25, 0.3) is 0 Å². The highest BCUT2D eigenvalue weighted by Crippen LogP contribution is 2.53. The first-order valence-corrected chi connectivity index (χ1v) is 6.17. The first kappa shape index (κ1) is 12.6. The van der Waals surface area contributed by atoms with Gasteiger partial charge in [0, 0.05) is 31.5 Å². The summed E-state index contributed by atoms with van der Waals surface area (Å²) in [5.74, 6) is -0.606. The third-order valence-corrected chi connectivity index (χ3v) is 4.18. The summed E-state index contributed by atoms with van der Waals surface area (Å²) < 4.78 is 11.7. The SMILES string of the molecule is COC1(OC)CC(C#N)(c2ccccc2Br)C1. The summed E-state index contributed by atoms with van der Waals surface area (Å²) in [5.41, 5.74) is 0.499. The fourth-order valence-electron chi connectivity index (χ4n) is 2.42. The van der Waals surface area contributed by atoms with Gasteiger partial charge in [-0.1, -0.05) is 34.1 Å². The number of hydrogen-bond donors (Lipinski definition) is 0. The Bertz CT molecular complexity index is 455. The van der Waals surface area contributed by atoms with Gasteiger partial charge >= 0.3 is 0 Å². The Morgan fingerprint density at radius 1 is 1.24 bits per heavy atom. The zero-order valence-corrected chi connectivity index (χ0v) is 11.5. The molecule has 0 atom stereocenters. The van der Waals surface area contributed by atoms with Gasteiger partial charge < -0.3 is 9.47 Å². The molecule has 0 radical (unpaired) electrons. The van der Waals surface area contributed by atoms with Crippen molar-refractivity contribution in [2.75, 3.05) is 14.2 Å². The van der Waals surface area contributed by atoms with Gasteiger partial charge in [0.1, 0.15) is 0 Å². The van der Waals surface area contributed by atoms with E-state index < -0.39 is 11.2 Å². The molecule has 4 heteroatoms. The second-order valence-electron chi connectivity index (χ2n) is 4.35. The molecule has 90 valence electrons. The van der Waals surface area contributed by atoms with Crippen molar-refractivity contribution in [3.63, 3.8) is 0 Å². The first-order valence-electron chi connectivity index (χ1n) is 5.38. The summed E-state index contributed by atoms with van der Waals surface area (Å²) in [6.07, 6.45) is 1.12. The monoisotopic (exact) mass is 295 g/mol. The zero-order chi connectivity index (χ0) is 12.5. The minimum Gasteiger partial charge on any atom is -0.353 e. The van der Waals surface area contributed by atoms with Crippen LogP contribution >= 0.6 is 15.9 Å². The molecule has 1 aromatic carbocycles. The second kappa shape index (κ2) is 4.41. The number of hydrogen-bond acceptors (Lipinski definition) is 3. The molecule has 1 saturated carbocycles. The molecule has 1 aliphatic carbocycles. The number of benzene rings is 1. The van der Waals surface area contributed by atoms with Crippen LogP contribution in [0.3, 0.4) is 0 Å². The number of nitrogens with zero attached hydrogens (tertiary/aromatic N) is 1. The summed E-state index contributed by atoms with van der Waals surface area (Å²) >= 11 is 3.50. The number of halogens is 1. The Kier molecular flexibility index (Phi) is 3.26. The van der Waals surface area contributed by atoms with Gasteiger partial charge in [-0.2, -0.15) is 5.26 Å². The van der Waals surface area contributed by atoms with E-state index in [1.165, 1.54) is 0 Å². The first-order chi connectivity index (χ1) is 8.11. The summed E-state index contributed by atoms with van der Waals surface area (Å²) in [4.78, 5) is 0. The van der Waals surface area contributed by atoms with E-state index in [0.29, 0.717) is 12.8 Å². The average Bonchev–Trinajstić information content (AvgIpc) is 2.32. The van der Waals surface area contributed by atoms with E-state index in [0.717, 1.165) is 10.0 Å². The molecule has 0 bridgehead atoms. The molecule has 1 aliphatic rings. The van der Waals surface area contributed by atoms with Crippen LogP contribution < -0.4 is 0 Å². The summed E-state index contributed by atoms with van der Waals surface area (Å²) in [6.45, 7) is 0. The lowest BCUT2D eigenvalue weighted by molar-refractivity contribution is -0.269. The molecule has 0 heterocycles. The smallest absolute Gasteiger partial charge is 0.171 e. The van der Waals surface area contributed by atoms with E-state index in [1.807, 2.05) is 24.3 Å². The van der Waals surface area contributed by atoms with E-state index >= 15 is 0 Å². The Morgan fingerprint density at radius 3 is 2.29 bits per heavy atom. The summed E-state index contributed by atoms with van der Waals surface area (Å²) in [7, 11) is 3.23. The van der Waals surface area contributed by atoms with E-state index in [-0.39, 0.29) is 0 Å². The summed E-state index contributed by atoms with van der Waals surface area (Å²) in [6, 6.07) is 10.2. The molecular formula is C13H14BrNO2. The fraction of sp³-hybridized carbons (Fsp3) is 0.462. The van der Waals surface area contributed by atoms with E-state index in [9.17, 15) is 5.26 Å². The highest BCUT2D eigenvalue weighted by molar-refractivity contribution is 9.10. The van der Waals surface area contributed by atoms with E-state index in [2.05, 4.69) is 22.0 Å². The topological polar surface area (TPSA) is 42.2 Å². The number of rotatable bonds is 3. The Labute approximate surface area is 109 Å². The molecule has 0 spiro atoms. The Balaban J connectivity index is 2.33. The van der Waals surface area contributed by atoms with Gasteiger partial charge in [-0.05, 0) is 11.6 Å². The van der Waals surface area contributed by atoms with Crippen molar-refractivity contribution in [1.82, 2.24) is 0 Å². The van der Waals surface area contributed by atoms with Crippen LogP contribution in [0.1, 0.15) is 18.4 Å². The molecule has 1 aromatic rings. The highest BCUT2D eigenvalue weighted by Gasteiger charge is 2.58. The second-order valence-corrected chi connectivity index (χ2v) is 5.20. The zero-order valence-electron chi connectivity index (χ0n) is 9.87. The lowest BCUT2D eigenvalue weighted by Crippen LogP contribution is -2.56. The maximum atomic E-state index is 9.46. The molecule has 0 amide bonds. The van der Waals surface area contributed by atoms with Gasteiger partial charge in [0.05, 0.1) is 11.5 Å². The lowest BCUT2D eigenvalue weighted by atomic mass is 9.61. The van der Waals surface area contributed by atoms with Crippen molar-refractivity contribution in [3.05, 3.63) is 34.3 Å². The molecule has 2 rings (SSSR count). The average molecular weight is 296 g/mol. The molecule has 0 N–H and O–H groups in total. The van der Waals surface area contributed by atoms with E-state index in [4.69, 9.17) is 9.47 Å². The third-order valence-electron chi connectivity index (χ3n) is 3.49. The Morgan fingerprint density at radius 2 is 1.82 bits per heavy atom. The quantitative estimate of drug-likeness (QED) is 0.805. The normalized spacial score (nSPS) is 20.4. The van der Waals surface area contributed by atoms with Crippen molar-refractivity contribution < 1.29 is 9.47 Å². The van der Waals surface area contributed by atoms with Gasteiger partial charge in [0.15, 0.2) is 5.79 Å². The summed E-state index contributed by atoms with van der Waals surface area (Å²) in [5, 5.41) is 9.46. The van der Waals surface area contributed by atoms with E-state index in [1.54, 1.807) is 14.2 Å². The van der Waals surface area contributed by atoms with Crippen molar-refractivity contribution in [2.24, 2.45) is 0 Å². The van der Waals surface area contributed by atoms with Crippen LogP contribution in [-0.2, 0) is 14.9 Å². The predicted octanol–water partition coefficient (Wildman–Crippen LogP) is 2.99. The van der Waals surface area contributed by atoms with Crippen LogP contribution in [0.15, 0.2) is 28.7 Å². The van der Waals surface area contributed by atoms with Gasteiger partial charge in [-0.25, -0.2) is 0 Å². The largest absolute Gasteiger partial charge is 0.353 e. The predicted molar refractivity (Wildman–Crippen MR) is 67.4 cm³/mol. The standard InChI is InChI=1S/C13H14BrNO2/c1-16-13(17-2)7-12(8-13,9-15)10-5-3-4-6-11(10)14/h3-6H,7-8H2,1-2H3. The Hall–Kier alpha value is -0.890. The van der Waals surface area contributed by atoms with Crippen LogP contribution in [0.4, 0.5) is 0 Å². The van der Waals surface area contributed by atoms with Crippen LogP contribution in [0.25, 0.3) is 0 Å². The molecule has 3 nitrogen and oxygen atoms in total. The van der Waals surface area contributed by atoms with Crippen LogP contribution in [-0.4, -0.2) is 20.0 Å². The van der Waals surface area contributed by atoms with Crippen LogP contribution in [0, 0.1) is 11.3 Å². The van der Waals surface area contributed by atoms with Crippen molar-refractivity contribution in [2.45, 2.75) is 24.0 Å². The van der Waals surface area contributed by atoms with Gasteiger partial charge in [-0.15, -0.1) is 0 Å². The molecule has 0 aromatic heterocycles. The van der Waals surface area contributed by atoms with Gasteiger partial charge in [0.2, 0.25) is 0 Å². The molecule has 1 fully saturated rings. The number of methoxy groups -OCH3 is 2. The molecule has 0 unspecified atom stereocenters. The molecular weight excluding hydrogens is 282 g/mol. The number of ether oxygens (including phenoxy) is 2. The highest BCUT2D eigenvalue weighted by atomic mass is 79.9. The van der Waals surface area contributed by atoms with Crippen molar-refractivity contribution in [1.29, 1.82) is 5.26 Å².